The van der Waals surface area contributed by atoms with E-state index in [0.29, 0.717) is 10.7 Å². The van der Waals surface area contributed by atoms with Crippen molar-refractivity contribution in [2.24, 2.45) is 7.05 Å². The lowest BCUT2D eigenvalue weighted by Crippen LogP contribution is -2.29. The summed E-state index contributed by atoms with van der Waals surface area (Å²) in [6, 6.07) is 10.4. The molecule has 3 rings (SSSR count). The van der Waals surface area contributed by atoms with Gasteiger partial charge in [0.05, 0.1) is 6.61 Å². The molecule has 0 bridgehead atoms. The summed E-state index contributed by atoms with van der Waals surface area (Å²) >= 11 is 0. The second-order valence-corrected chi connectivity index (χ2v) is 7.30. The van der Waals surface area contributed by atoms with Gasteiger partial charge < -0.3 is 14.6 Å². The smallest absolute Gasteiger partial charge is 0.350 e. The summed E-state index contributed by atoms with van der Waals surface area (Å²) in [4.78, 5) is 24.2. The quantitative estimate of drug-likeness (QED) is 0.442. The van der Waals surface area contributed by atoms with Crippen LogP contribution in [0, 0.1) is 5.82 Å². The number of nitrogens with zero attached hydrogens (tertiary/aromatic N) is 3. The van der Waals surface area contributed by atoms with E-state index in [1.165, 1.54) is 7.05 Å². The van der Waals surface area contributed by atoms with E-state index >= 15 is 0 Å². The van der Waals surface area contributed by atoms with Gasteiger partial charge in [-0.25, -0.2) is 27.2 Å². The molecule has 0 unspecified atom stereocenters. The third-order valence-corrected chi connectivity index (χ3v) is 4.94. The van der Waals surface area contributed by atoms with Gasteiger partial charge in [-0.05, 0) is 18.6 Å². The van der Waals surface area contributed by atoms with Crippen LogP contribution in [0.15, 0.2) is 47.3 Å². The Balaban J connectivity index is 1.98. The zero-order chi connectivity index (χ0) is 25.0. The van der Waals surface area contributed by atoms with E-state index in [4.69, 9.17) is 9.47 Å². The van der Waals surface area contributed by atoms with Gasteiger partial charge in [-0.2, -0.15) is 4.68 Å². The summed E-state index contributed by atoms with van der Waals surface area (Å²) in [7, 11) is 1.38. The van der Waals surface area contributed by atoms with Gasteiger partial charge in [0, 0.05) is 13.1 Å². The van der Waals surface area contributed by atoms with Gasteiger partial charge in [0.25, 0.3) is 6.43 Å². The van der Waals surface area contributed by atoms with E-state index in [2.05, 4.69) is 5.10 Å². The van der Waals surface area contributed by atoms with Gasteiger partial charge in [-0.15, -0.1) is 5.10 Å². The maximum atomic E-state index is 14.8. The van der Waals surface area contributed by atoms with Crippen LogP contribution < -0.4 is 10.4 Å². The van der Waals surface area contributed by atoms with Crippen molar-refractivity contribution in [3.8, 4) is 11.4 Å². The summed E-state index contributed by atoms with van der Waals surface area (Å²) in [5.74, 6) is -3.48. The number of carboxylic acid groups (broad SMARTS) is 1. The van der Waals surface area contributed by atoms with Crippen LogP contribution in [0.3, 0.4) is 0 Å². The second kappa shape index (κ2) is 10.5. The average molecular weight is 483 g/mol. The first-order valence-electron chi connectivity index (χ1n) is 10.0. The first-order valence-corrected chi connectivity index (χ1v) is 10.0. The Morgan fingerprint density at radius 1 is 1.21 bits per heavy atom. The van der Waals surface area contributed by atoms with Crippen molar-refractivity contribution in [2.45, 2.75) is 32.2 Å². The summed E-state index contributed by atoms with van der Waals surface area (Å²) in [5.41, 5.74) is -1.32. The molecule has 0 aliphatic carbocycles. The number of hydrogen-bond donors (Lipinski definition) is 1. The van der Waals surface area contributed by atoms with Gasteiger partial charge in [0.15, 0.2) is 11.9 Å². The molecule has 182 valence electrons. The maximum Gasteiger partial charge on any atom is 0.350 e. The van der Waals surface area contributed by atoms with Crippen LogP contribution in [0.5, 0.6) is 5.75 Å². The Labute approximate surface area is 191 Å². The van der Waals surface area contributed by atoms with Gasteiger partial charge in [0.2, 0.25) is 0 Å². The lowest BCUT2D eigenvalue weighted by Gasteiger charge is -2.17. The molecular weight excluding hydrogens is 462 g/mol. The number of carbonyl (C=O) groups is 1. The Bertz CT molecular complexity index is 1210. The fourth-order valence-corrected chi connectivity index (χ4v) is 3.12. The highest BCUT2D eigenvalue weighted by Crippen LogP contribution is 2.28. The number of halogens is 4. The Kier molecular flexibility index (Phi) is 7.72. The first kappa shape index (κ1) is 25.0. The molecule has 0 radical (unpaired) electrons. The minimum atomic E-state index is -3.27. The normalized spacial score (nSPS) is 13.1. The molecule has 3 aromatic rings. The largest absolute Gasteiger partial charge is 0.481 e. The van der Waals surface area contributed by atoms with Crippen LogP contribution >= 0.6 is 0 Å². The second-order valence-electron chi connectivity index (χ2n) is 7.30. The number of rotatable bonds is 10. The minimum Gasteiger partial charge on any atom is -0.481 e. The molecule has 1 N–H and O–H groups in total. The third-order valence-electron chi connectivity index (χ3n) is 4.94. The SMILES string of the molecule is C[C@H](OCc1ccccc1)c1nn(-c2cc(O[C@@H](CF)C(F)F)c(C(=O)O)cc2F)c(=O)n1C. The molecule has 2 atom stereocenters. The van der Waals surface area contributed by atoms with E-state index in [-0.39, 0.29) is 12.4 Å². The molecule has 2 aromatic carbocycles. The highest BCUT2D eigenvalue weighted by Gasteiger charge is 2.27. The fraction of sp³-hybridized carbons (Fsp3) is 0.318. The number of carboxylic acids is 1. The van der Waals surface area contributed by atoms with Crippen LogP contribution in [0.1, 0.15) is 34.8 Å². The van der Waals surface area contributed by atoms with Crippen LogP contribution in [0.2, 0.25) is 0 Å². The van der Waals surface area contributed by atoms with Gasteiger partial charge in [0.1, 0.15) is 35.6 Å². The highest BCUT2D eigenvalue weighted by atomic mass is 19.3. The topological polar surface area (TPSA) is 95.6 Å². The molecule has 12 heteroatoms. The van der Waals surface area contributed by atoms with Crippen molar-refractivity contribution < 1.29 is 36.9 Å². The standard InChI is InChI=1S/C22H21F4N3O5/c1-12(33-11-13-6-4-3-5-7-13)20-27-29(22(32)28(20)2)16-9-17(34-18(10-23)19(25)26)14(21(30)31)8-15(16)24/h3-9,12,18-19H,10-11H2,1-2H3,(H,30,31)/t12-,18-/m0/s1. The van der Waals surface area contributed by atoms with Crippen molar-refractivity contribution >= 4 is 5.97 Å². The van der Waals surface area contributed by atoms with Crippen molar-refractivity contribution in [3.05, 3.63) is 75.7 Å². The number of hydrogen-bond acceptors (Lipinski definition) is 5. The van der Waals surface area contributed by atoms with Crippen LogP contribution in [0.25, 0.3) is 5.69 Å². The number of aromatic nitrogens is 3. The predicted octanol–water partition coefficient (Wildman–Crippen LogP) is 3.67. The number of ether oxygens (including phenoxy) is 2. The Morgan fingerprint density at radius 2 is 1.88 bits per heavy atom. The van der Waals surface area contributed by atoms with Gasteiger partial charge >= 0.3 is 11.7 Å². The molecule has 8 nitrogen and oxygen atoms in total. The van der Waals surface area contributed by atoms with Crippen LogP contribution in [-0.4, -0.2) is 44.6 Å². The molecule has 0 amide bonds. The molecule has 0 saturated carbocycles. The zero-order valence-electron chi connectivity index (χ0n) is 18.1. The van der Waals surface area contributed by atoms with Crippen LogP contribution in [-0.2, 0) is 18.4 Å². The van der Waals surface area contributed by atoms with Gasteiger partial charge in [-0.1, -0.05) is 30.3 Å². The molecule has 0 aliphatic heterocycles. The summed E-state index contributed by atoms with van der Waals surface area (Å²) in [6.45, 7) is 0.219. The van der Waals surface area contributed by atoms with E-state index in [1.807, 2.05) is 30.3 Å². The van der Waals surface area contributed by atoms with Crippen molar-refractivity contribution in [2.75, 3.05) is 6.67 Å². The molecule has 1 aromatic heterocycles. The minimum absolute atomic E-state index is 0.124. The van der Waals surface area contributed by atoms with Gasteiger partial charge in [-0.3, -0.25) is 4.57 Å². The first-order chi connectivity index (χ1) is 16.1. The monoisotopic (exact) mass is 483 g/mol. The van der Waals surface area contributed by atoms with Crippen molar-refractivity contribution in [1.82, 2.24) is 14.3 Å². The van der Waals surface area contributed by atoms with Crippen molar-refractivity contribution in [1.29, 1.82) is 0 Å². The van der Waals surface area contributed by atoms with Crippen LogP contribution in [0.4, 0.5) is 17.6 Å². The van der Waals surface area contributed by atoms with E-state index < -0.39 is 59.8 Å². The van der Waals surface area contributed by atoms with E-state index in [0.717, 1.165) is 16.2 Å². The lowest BCUT2D eigenvalue weighted by molar-refractivity contribution is -0.00198. The Morgan fingerprint density at radius 3 is 2.47 bits per heavy atom. The van der Waals surface area contributed by atoms with Crippen molar-refractivity contribution in [3.63, 3.8) is 0 Å². The number of alkyl halides is 3. The number of benzene rings is 2. The lowest BCUT2D eigenvalue weighted by atomic mass is 10.1. The summed E-state index contributed by atoms with van der Waals surface area (Å²) < 4.78 is 65.9. The molecule has 0 saturated heterocycles. The van der Waals surface area contributed by atoms with E-state index in [1.54, 1.807) is 6.92 Å². The third kappa shape index (κ3) is 5.28. The average Bonchev–Trinajstić information content (AvgIpc) is 3.11. The molecule has 34 heavy (non-hydrogen) atoms. The summed E-state index contributed by atoms with van der Waals surface area (Å²) in [5, 5.41) is 13.4. The molecule has 1 heterocycles. The highest BCUT2D eigenvalue weighted by molar-refractivity contribution is 5.91. The summed E-state index contributed by atoms with van der Waals surface area (Å²) in [6.07, 6.45) is -6.25. The Hall–Kier alpha value is -3.67. The molecule has 0 fully saturated rings. The zero-order valence-corrected chi connectivity index (χ0v) is 18.1. The molecule has 0 spiro atoms. The maximum absolute atomic E-state index is 14.8. The number of aromatic carboxylic acids is 1. The molecule has 0 aliphatic rings. The predicted molar refractivity (Wildman–Crippen MR) is 112 cm³/mol. The fourth-order valence-electron chi connectivity index (χ4n) is 3.12. The van der Waals surface area contributed by atoms with E-state index in [9.17, 15) is 32.3 Å². The molecular formula is C22H21F4N3O5.